The van der Waals surface area contributed by atoms with E-state index in [0.717, 1.165) is 19.3 Å². The summed E-state index contributed by atoms with van der Waals surface area (Å²) >= 11 is 0. The highest BCUT2D eigenvalue weighted by Crippen LogP contribution is 2.29. The van der Waals surface area contributed by atoms with Gasteiger partial charge in [0.25, 0.3) is 0 Å². The number of hydrogen-bond donors (Lipinski definition) is 1. The lowest BCUT2D eigenvalue weighted by Gasteiger charge is -2.15. The highest BCUT2D eigenvalue weighted by atomic mass is 35.5. The summed E-state index contributed by atoms with van der Waals surface area (Å²) in [6, 6.07) is 4.51. The van der Waals surface area contributed by atoms with Crippen molar-refractivity contribution in [2.45, 2.75) is 32.2 Å². The maximum atomic E-state index is 13.6. The van der Waals surface area contributed by atoms with Crippen molar-refractivity contribution >= 4 is 12.4 Å². The number of hydrogen-bond acceptors (Lipinski definition) is 2. The number of benzene rings is 1. The first kappa shape index (κ1) is 15.2. The minimum absolute atomic E-state index is 0. The minimum atomic E-state index is -0.280. The van der Waals surface area contributed by atoms with Crippen LogP contribution in [0.2, 0.25) is 0 Å². The lowest BCUT2D eigenvalue weighted by Crippen LogP contribution is -2.13. The third-order valence-electron chi connectivity index (χ3n) is 2.47. The summed E-state index contributed by atoms with van der Waals surface area (Å²) in [6.45, 7) is 2.09. The highest BCUT2D eigenvalue weighted by Gasteiger charge is 2.15. The van der Waals surface area contributed by atoms with Gasteiger partial charge in [-0.1, -0.05) is 25.8 Å². The Kier molecular flexibility index (Phi) is 7.10. The van der Waals surface area contributed by atoms with Crippen LogP contribution in [0.5, 0.6) is 5.75 Å². The Morgan fingerprint density at radius 2 is 2.12 bits per heavy atom. The van der Waals surface area contributed by atoms with E-state index < -0.39 is 0 Å². The van der Waals surface area contributed by atoms with E-state index in [2.05, 4.69) is 6.92 Å². The maximum absolute atomic E-state index is 13.6. The topological polar surface area (TPSA) is 35.2 Å². The van der Waals surface area contributed by atoms with Gasteiger partial charge < -0.3 is 10.5 Å². The Balaban J connectivity index is 0.00000225. The summed E-state index contributed by atoms with van der Waals surface area (Å²) in [4.78, 5) is 0. The van der Waals surface area contributed by atoms with Gasteiger partial charge in [0.1, 0.15) is 11.6 Å². The summed E-state index contributed by atoms with van der Waals surface area (Å²) < 4.78 is 18.7. The molecule has 0 fully saturated rings. The van der Waals surface area contributed by atoms with E-state index in [1.165, 1.54) is 13.2 Å². The van der Waals surface area contributed by atoms with Crippen LogP contribution in [0.15, 0.2) is 18.2 Å². The number of nitrogens with two attached hydrogens (primary N) is 1. The molecule has 0 unspecified atom stereocenters. The van der Waals surface area contributed by atoms with Crippen LogP contribution in [0, 0.1) is 5.82 Å². The van der Waals surface area contributed by atoms with E-state index >= 15 is 0 Å². The molecule has 4 heteroatoms. The number of halogens is 2. The average molecular weight is 248 g/mol. The summed E-state index contributed by atoms with van der Waals surface area (Å²) in [5, 5.41) is 0. The van der Waals surface area contributed by atoms with Crippen LogP contribution >= 0.6 is 12.4 Å². The van der Waals surface area contributed by atoms with Crippen molar-refractivity contribution in [3.63, 3.8) is 0 Å². The summed E-state index contributed by atoms with van der Waals surface area (Å²) in [6.07, 6.45) is 2.84. The predicted octanol–water partition coefficient (Wildman–Crippen LogP) is 3.45. The van der Waals surface area contributed by atoms with Gasteiger partial charge in [0.2, 0.25) is 0 Å². The molecule has 0 saturated carbocycles. The van der Waals surface area contributed by atoms with Crippen LogP contribution in [0.4, 0.5) is 4.39 Å². The lowest BCUT2D eigenvalue weighted by molar-refractivity contribution is 0.396. The minimum Gasteiger partial charge on any atom is -0.496 e. The molecule has 16 heavy (non-hydrogen) atoms. The SMILES string of the molecule is CCCC[C@H](N)c1c(F)cccc1OC.Cl. The van der Waals surface area contributed by atoms with Crippen molar-refractivity contribution in [1.29, 1.82) is 0 Å². The molecule has 2 nitrogen and oxygen atoms in total. The van der Waals surface area contributed by atoms with Crippen LogP contribution in [-0.4, -0.2) is 7.11 Å². The van der Waals surface area contributed by atoms with E-state index in [-0.39, 0.29) is 24.3 Å². The Morgan fingerprint density at radius 1 is 1.44 bits per heavy atom. The van der Waals surface area contributed by atoms with Crippen LogP contribution in [0.1, 0.15) is 37.8 Å². The Bertz CT molecular complexity index is 320. The molecule has 0 aliphatic heterocycles. The normalized spacial score (nSPS) is 11.8. The van der Waals surface area contributed by atoms with Gasteiger partial charge in [0.05, 0.1) is 7.11 Å². The molecule has 0 aliphatic carbocycles. The molecule has 0 amide bonds. The smallest absolute Gasteiger partial charge is 0.131 e. The maximum Gasteiger partial charge on any atom is 0.131 e. The first-order chi connectivity index (χ1) is 7.20. The standard InChI is InChI=1S/C12H18FNO.ClH/c1-3-4-7-10(14)12-9(13)6-5-8-11(12)15-2;/h5-6,8,10H,3-4,7,14H2,1-2H3;1H/t10-;/m0./s1. The summed E-state index contributed by atoms with van der Waals surface area (Å²) in [5.41, 5.74) is 6.43. The van der Waals surface area contributed by atoms with Crippen molar-refractivity contribution in [3.8, 4) is 5.75 Å². The average Bonchev–Trinajstić information content (AvgIpc) is 2.25. The fourth-order valence-corrected chi connectivity index (χ4v) is 1.62. The Labute approximate surface area is 102 Å². The van der Waals surface area contributed by atoms with E-state index in [1.807, 2.05) is 0 Å². The van der Waals surface area contributed by atoms with Gasteiger partial charge in [-0.25, -0.2) is 4.39 Å². The van der Waals surface area contributed by atoms with Crippen LogP contribution in [0.3, 0.4) is 0 Å². The van der Waals surface area contributed by atoms with Crippen molar-refractivity contribution in [2.75, 3.05) is 7.11 Å². The summed E-state index contributed by atoms with van der Waals surface area (Å²) in [5.74, 6) is 0.261. The molecule has 92 valence electrons. The molecular formula is C12H19ClFNO. The van der Waals surface area contributed by atoms with Gasteiger partial charge in [0.15, 0.2) is 0 Å². The number of rotatable bonds is 5. The molecule has 0 aliphatic rings. The third kappa shape index (κ3) is 3.65. The molecule has 2 N–H and O–H groups in total. The van der Waals surface area contributed by atoms with Gasteiger partial charge in [-0.2, -0.15) is 0 Å². The Morgan fingerprint density at radius 3 is 2.69 bits per heavy atom. The second-order valence-corrected chi connectivity index (χ2v) is 3.60. The molecule has 1 aromatic carbocycles. The van der Waals surface area contributed by atoms with Crippen LogP contribution < -0.4 is 10.5 Å². The van der Waals surface area contributed by atoms with E-state index in [4.69, 9.17) is 10.5 Å². The van der Waals surface area contributed by atoms with E-state index in [0.29, 0.717) is 11.3 Å². The first-order valence-corrected chi connectivity index (χ1v) is 5.28. The highest BCUT2D eigenvalue weighted by molar-refractivity contribution is 5.85. The van der Waals surface area contributed by atoms with E-state index in [1.54, 1.807) is 12.1 Å². The molecule has 0 bridgehead atoms. The van der Waals surface area contributed by atoms with Crippen LogP contribution in [-0.2, 0) is 0 Å². The molecule has 1 aromatic rings. The van der Waals surface area contributed by atoms with Crippen molar-refractivity contribution in [3.05, 3.63) is 29.6 Å². The van der Waals surface area contributed by atoms with Crippen molar-refractivity contribution in [1.82, 2.24) is 0 Å². The third-order valence-corrected chi connectivity index (χ3v) is 2.47. The molecular weight excluding hydrogens is 229 g/mol. The molecule has 0 saturated heterocycles. The first-order valence-electron chi connectivity index (χ1n) is 5.28. The fraction of sp³-hybridized carbons (Fsp3) is 0.500. The van der Waals surface area contributed by atoms with Gasteiger partial charge in [-0.15, -0.1) is 12.4 Å². The monoisotopic (exact) mass is 247 g/mol. The van der Waals surface area contributed by atoms with Gasteiger partial charge >= 0.3 is 0 Å². The molecule has 0 spiro atoms. The van der Waals surface area contributed by atoms with Crippen LogP contribution in [0.25, 0.3) is 0 Å². The predicted molar refractivity (Wildman–Crippen MR) is 66.7 cm³/mol. The van der Waals surface area contributed by atoms with Gasteiger partial charge in [-0.3, -0.25) is 0 Å². The molecule has 1 rings (SSSR count). The molecule has 0 heterocycles. The lowest BCUT2D eigenvalue weighted by atomic mass is 10.0. The van der Waals surface area contributed by atoms with Crippen molar-refractivity contribution < 1.29 is 9.13 Å². The zero-order valence-electron chi connectivity index (χ0n) is 9.70. The largest absolute Gasteiger partial charge is 0.496 e. The zero-order chi connectivity index (χ0) is 11.3. The van der Waals surface area contributed by atoms with Gasteiger partial charge in [0, 0.05) is 11.6 Å². The zero-order valence-corrected chi connectivity index (χ0v) is 10.5. The summed E-state index contributed by atoms with van der Waals surface area (Å²) in [7, 11) is 1.53. The quantitative estimate of drug-likeness (QED) is 0.865. The molecule has 0 aromatic heterocycles. The number of ether oxygens (including phenoxy) is 1. The Hall–Kier alpha value is -0.800. The number of methoxy groups -OCH3 is 1. The van der Waals surface area contributed by atoms with E-state index in [9.17, 15) is 4.39 Å². The second kappa shape index (κ2) is 7.47. The molecule has 0 radical (unpaired) electrons. The number of unbranched alkanes of at least 4 members (excludes halogenated alkanes) is 1. The van der Waals surface area contributed by atoms with Gasteiger partial charge in [-0.05, 0) is 18.6 Å². The second-order valence-electron chi connectivity index (χ2n) is 3.60. The fourth-order valence-electron chi connectivity index (χ4n) is 1.62. The van der Waals surface area contributed by atoms with Crippen molar-refractivity contribution in [2.24, 2.45) is 5.73 Å². The molecule has 1 atom stereocenters.